The normalized spacial score (nSPS) is 17.7. The van der Waals surface area contributed by atoms with Crippen LogP contribution < -0.4 is 5.63 Å². The molecule has 0 aliphatic carbocycles. The van der Waals surface area contributed by atoms with Crippen molar-refractivity contribution in [2.75, 3.05) is 26.3 Å². The van der Waals surface area contributed by atoms with Gasteiger partial charge in [0, 0.05) is 49.1 Å². The van der Waals surface area contributed by atoms with Crippen molar-refractivity contribution in [2.24, 2.45) is 0 Å². The summed E-state index contributed by atoms with van der Waals surface area (Å²) in [4.78, 5) is 31.8. The predicted octanol–water partition coefficient (Wildman–Crippen LogP) is 2.63. The lowest BCUT2D eigenvalue weighted by Gasteiger charge is -2.20. The van der Waals surface area contributed by atoms with Gasteiger partial charge in [-0.3, -0.25) is 4.79 Å². The van der Waals surface area contributed by atoms with E-state index in [9.17, 15) is 9.59 Å². The summed E-state index contributed by atoms with van der Waals surface area (Å²) < 4.78 is 12.6. The van der Waals surface area contributed by atoms with E-state index in [1.54, 1.807) is 29.2 Å². The third-order valence-electron chi connectivity index (χ3n) is 5.75. The zero-order chi connectivity index (χ0) is 20.7. The Labute approximate surface area is 177 Å². The molecule has 2 aliphatic heterocycles. The van der Waals surface area contributed by atoms with E-state index in [-0.39, 0.29) is 11.5 Å². The van der Waals surface area contributed by atoms with E-state index in [0.29, 0.717) is 48.0 Å². The number of rotatable bonds is 2. The van der Waals surface area contributed by atoms with Crippen molar-refractivity contribution in [1.29, 1.82) is 0 Å². The van der Waals surface area contributed by atoms with Gasteiger partial charge in [-0.2, -0.15) is 5.10 Å². The number of carbonyl (C=O) groups is 1. The second kappa shape index (κ2) is 7.85. The van der Waals surface area contributed by atoms with E-state index in [2.05, 4.69) is 5.10 Å². The van der Waals surface area contributed by atoms with Crippen LogP contribution in [0.3, 0.4) is 0 Å². The molecule has 2 aliphatic rings. The highest BCUT2D eigenvalue weighted by atomic mass is 35.5. The van der Waals surface area contributed by atoms with Crippen molar-refractivity contribution >= 4 is 28.5 Å². The lowest BCUT2D eigenvalue weighted by atomic mass is 10.00. The molecule has 156 valence electrons. The Morgan fingerprint density at radius 2 is 1.97 bits per heavy atom. The van der Waals surface area contributed by atoms with Gasteiger partial charge in [-0.05, 0) is 37.1 Å². The molecule has 0 atom stereocenters. The van der Waals surface area contributed by atoms with Gasteiger partial charge in [-0.25, -0.2) is 14.5 Å². The van der Waals surface area contributed by atoms with Gasteiger partial charge in [0.1, 0.15) is 17.0 Å². The van der Waals surface area contributed by atoms with Crippen LogP contribution in [0.5, 0.6) is 0 Å². The van der Waals surface area contributed by atoms with Gasteiger partial charge in [0.05, 0.1) is 6.54 Å². The zero-order valence-corrected chi connectivity index (χ0v) is 17.1. The fourth-order valence-electron chi connectivity index (χ4n) is 4.07. The van der Waals surface area contributed by atoms with Gasteiger partial charge in [0.25, 0.3) is 5.91 Å². The average molecular weight is 429 g/mol. The maximum Gasteiger partial charge on any atom is 0.349 e. The van der Waals surface area contributed by atoms with Crippen molar-refractivity contribution in [2.45, 2.75) is 31.7 Å². The smallest absolute Gasteiger partial charge is 0.349 e. The summed E-state index contributed by atoms with van der Waals surface area (Å²) >= 11 is 6.03. The number of carbonyl (C=O) groups excluding carboxylic acids is 1. The highest BCUT2D eigenvalue weighted by Gasteiger charge is 2.27. The molecule has 5 rings (SSSR count). The van der Waals surface area contributed by atoms with Gasteiger partial charge >= 0.3 is 5.63 Å². The third-order valence-corrected chi connectivity index (χ3v) is 5.99. The van der Waals surface area contributed by atoms with Crippen molar-refractivity contribution in [3.63, 3.8) is 0 Å². The second-order valence-electron chi connectivity index (χ2n) is 7.67. The standard InChI is InChI=1S/C21H21ClN4O4/c22-15-1-2-17-14(11-15)12-16(21(28)30-17)20(27)25-6-3-18-23-19(24-26(18)8-7-25)13-4-9-29-10-5-13/h1-2,11-13H,3-10H2. The molecule has 0 saturated carbocycles. The monoisotopic (exact) mass is 428 g/mol. The van der Waals surface area contributed by atoms with Gasteiger partial charge in [-0.1, -0.05) is 11.6 Å². The maximum atomic E-state index is 13.1. The Morgan fingerprint density at radius 3 is 2.80 bits per heavy atom. The molecule has 1 amide bonds. The maximum absolute atomic E-state index is 13.1. The first-order chi connectivity index (χ1) is 14.6. The lowest BCUT2D eigenvalue weighted by molar-refractivity contribution is 0.0752. The molecule has 1 fully saturated rings. The van der Waals surface area contributed by atoms with Gasteiger partial charge < -0.3 is 14.1 Å². The fourth-order valence-corrected chi connectivity index (χ4v) is 4.25. The van der Waals surface area contributed by atoms with Crippen molar-refractivity contribution < 1.29 is 13.9 Å². The third kappa shape index (κ3) is 3.61. The first-order valence-electron chi connectivity index (χ1n) is 10.1. The number of amides is 1. The van der Waals surface area contributed by atoms with Gasteiger partial charge in [0.15, 0.2) is 5.82 Å². The number of halogens is 1. The summed E-state index contributed by atoms with van der Waals surface area (Å²) in [5.41, 5.74) is -0.223. The van der Waals surface area contributed by atoms with E-state index >= 15 is 0 Å². The molecule has 30 heavy (non-hydrogen) atoms. The van der Waals surface area contributed by atoms with Crippen molar-refractivity contribution in [1.82, 2.24) is 19.7 Å². The van der Waals surface area contributed by atoms with Crippen LogP contribution in [0.2, 0.25) is 5.02 Å². The van der Waals surface area contributed by atoms with Crippen LogP contribution in [0.15, 0.2) is 33.5 Å². The fraction of sp³-hybridized carbons (Fsp3) is 0.429. The number of hydrogen-bond donors (Lipinski definition) is 0. The first-order valence-corrected chi connectivity index (χ1v) is 10.5. The van der Waals surface area contributed by atoms with Crippen LogP contribution in [-0.4, -0.2) is 51.9 Å². The average Bonchev–Trinajstić information content (AvgIpc) is 3.07. The summed E-state index contributed by atoms with van der Waals surface area (Å²) in [5.74, 6) is 1.75. The van der Waals surface area contributed by atoms with E-state index < -0.39 is 5.63 Å². The van der Waals surface area contributed by atoms with E-state index in [1.807, 2.05) is 4.68 Å². The molecule has 0 spiro atoms. The first kappa shape index (κ1) is 19.3. The summed E-state index contributed by atoms with van der Waals surface area (Å²) in [7, 11) is 0. The molecule has 1 aromatic carbocycles. The molecule has 0 radical (unpaired) electrons. The van der Waals surface area contributed by atoms with Crippen LogP contribution >= 0.6 is 11.6 Å². The minimum Gasteiger partial charge on any atom is -0.422 e. The lowest BCUT2D eigenvalue weighted by Crippen LogP contribution is -2.36. The quantitative estimate of drug-likeness (QED) is 0.583. The van der Waals surface area contributed by atoms with E-state index in [0.717, 1.165) is 37.7 Å². The predicted molar refractivity (Wildman–Crippen MR) is 110 cm³/mol. The molecule has 2 aromatic heterocycles. The molecule has 3 aromatic rings. The Kier molecular flexibility index (Phi) is 5.04. The summed E-state index contributed by atoms with van der Waals surface area (Å²) in [6.45, 7) is 2.96. The summed E-state index contributed by atoms with van der Waals surface area (Å²) in [5, 5.41) is 5.82. The summed E-state index contributed by atoms with van der Waals surface area (Å²) in [6, 6.07) is 6.50. The number of hydrogen-bond acceptors (Lipinski definition) is 6. The number of nitrogens with zero attached hydrogens (tertiary/aromatic N) is 4. The van der Waals surface area contributed by atoms with Crippen LogP contribution in [-0.2, 0) is 17.7 Å². The minimum atomic E-state index is -0.642. The van der Waals surface area contributed by atoms with Crippen LogP contribution in [0, 0.1) is 0 Å². The number of benzene rings is 1. The van der Waals surface area contributed by atoms with E-state index in [4.69, 9.17) is 25.7 Å². The Morgan fingerprint density at radius 1 is 1.13 bits per heavy atom. The zero-order valence-electron chi connectivity index (χ0n) is 16.3. The Hall–Kier alpha value is -2.71. The molecule has 4 heterocycles. The van der Waals surface area contributed by atoms with Crippen LogP contribution in [0.25, 0.3) is 11.0 Å². The number of ether oxygens (including phenoxy) is 1. The highest BCUT2D eigenvalue weighted by Crippen LogP contribution is 2.25. The summed E-state index contributed by atoms with van der Waals surface area (Å²) in [6.07, 6.45) is 2.47. The largest absolute Gasteiger partial charge is 0.422 e. The minimum absolute atomic E-state index is 0.0140. The SMILES string of the molecule is O=C(c1cc2cc(Cl)ccc2oc1=O)N1CCc2nc(C3CCOCC3)nn2CC1. The molecule has 8 nitrogen and oxygen atoms in total. The van der Waals surface area contributed by atoms with Crippen LogP contribution in [0.1, 0.15) is 40.8 Å². The molecule has 0 unspecified atom stereocenters. The molecular weight excluding hydrogens is 408 g/mol. The molecule has 0 N–H and O–H groups in total. The molecular formula is C21H21ClN4O4. The number of fused-ring (bicyclic) bond motifs is 2. The van der Waals surface area contributed by atoms with Gasteiger partial charge in [-0.15, -0.1) is 0 Å². The van der Waals surface area contributed by atoms with Crippen molar-refractivity contribution in [3.8, 4) is 0 Å². The highest BCUT2D eigenvalue weighted by molar-refractivity contribution is 6.31. The second-order valence-corrected chi connectivity index (χ2v) is 8.10. The van der Waals surface area contributed by atoms with Crippen LogP contribution in [0.4, 0.5) is 0 Å². The molecule has 0 bridgehead atoms. The topological polar surface area (TPSA) is 90.5 Å². The Balaban J connectivity index is 1.35. The van der Waals surface area contributed by atoms with Crippen molar-refractivity contribution in [3.05, 3.63) is 56.9 Å². The van der Waals surface area contributed by atoms with E-state index in [1.165, 1.54) is 0 Å². The molecule has 9 heteroatoms. The van der Waals surface area contributed by atoms with Gasteiger partial charge in [0.2, 0.25) is 0 Å². The molecule has 1 saturated heterocycles. The Bertz CT molecular complexity index is 1140. The number of aromatic nitrogens is 3.